The fourth-order valence-corrected chi connectivity index (χ4v) is 4.69. The van der Waals surface area contributed by atoms with Crippen LogP contribution >= 0.6 is 0 Å². The van der Waals surface area contributed by atoms with Gasteiger partial charge in [-0.3, -0.25) is 0 Å². The number of ether oxygens (including phenoxy) is 13. The summed E-state index contributed by atoms with van der Waals surface area (Å²) in [5.74, 6) is 0.742. The van der Waals surface area contributed by atoms with Gasteiger partial charge in [-0.05, 0) is 175 Å². The lowest BCUT2D eigenvalue weighted by Crippen LogP contribution is -2.24. The first-order valence-electron chi connectivity index (χ1n) is 27.4. The summed E-state index contributed by atoms with van der Waals surface area (Å²) in [5, 5.41) is 17.4. The number of aliphatic hydroxyl groups is 2. The van der Waals surface area contributed by atoms with Gasteiger partial charge in [-0.1, -0.05) is 13.8 Å². The van der Waals surface area contributed by atoms with Crippen molar-refractivity contribution in [2.45, 2.75) is 251 Å². The van der Waals surface area contributed by atoms with Crippen LogP contribution in [0.15, 0.2) is 0 Å². The van der Waals surface area contributed by atoms with E-state index < -0.39 is 0 Å². The zero-order chi connectivity index (χ0) is 55.7. The lowest BCUT2D eigenvalue weighted by Gasteiger charge is -2.27. The van der Waals surface area contributed by atoms with Gasteiger partial charge >= 0.3 is 0 Å². The van der Waals surface area contributed by atoms with E-state index in [9.17, 15) is 0 Å². The van der Waals surface area contributed by atoms with E-state index in [1.54, 1.807) is 28.1 Å². The van der Waals surface area contributed by atoms with Crippen molar-refractivity contribution in [1.82, 2.24) is 0 Å². The molecule has 15 heteroatoms. The molecule has 1 aliphatic carbocycles. The lowest BCUT2D eigenvalue weighted by atomic mass is 9.96. The minimum atomic E-state index is -0.336. The first-order valence-corrected chi connectivity index (χ1v) is 27.4. The monoisotopic (exact) mass is 1040 g/mol. The standard InChI is InChI=1S/C9H18O2.C8H18O3.C8H18O2.C7H14O.3C6H14O2.C6H14O/c1-8(2)11-7-9-3-5-10-6-4-9;1-8(2)11-7-6-10-5-4-9-3;1-4-5-9-6-7-10-8(2)3;1-6(2)8-7-4-3-5-7;1-6(2)8-5-4-7-3;2*1-5(2)8-4-6(3)7;1-4-5-7-6(2)3/h8-9H,3-7H2,1-2H3;8H,4-7H2,1-3H3;8H,4-7H2,1-3H3;6-7H,3-5H2,1-2H3;6H,4-5H2,1-3H3;2*5-7H,4H2,1-3H3;6H,4-5H2,1-3H3/t;;;;;6-;;/m.....1../s1. The largest absolute Gasteiger partial charge is 0.391 e. The van der Waals surface area contributed by atoms with Gasteiger partial charge in [0.1, 0.15) is 0 Å². The van der Waals surface area contributed by atoms with Crippen LogP contribution in [0, 0.1) is 5.92 Å². The van der Waals surface area contributed by atoms with Gasteiger partial charge in [-0.2, -0.15) is 0 Å². The van der Waals surface area contributed by atoms with E-state index in [0.717, 1.165) is 65.0 Å². The third-order valence-electron chi connectivity index (χ3n) is 8.40. The quantitative estimate of drug-likeness (QED) is 0.0631. The molecule has 2 atom stereocenters. The lowest BCUT2D eigenvalue weighted by molar-refractivity contribution is -0.0347. The molecule has 1 aliphatic heterocycles. The Labute approximate surface area is 440 Å². The molecular formula is C56H124O15. The Kier molecular flexibility index (Phi) is 75.4. The predicted molar refractivity (Wildman–Crippen MR) is 294 cm³/mol. The molecule has 1 heterocycles. The average Bonchev–Trinajstić information content (AvgIpc) is 3.27. The molecule has 0 aromatic carbocycles. The van der Waals surface area contributed by atoms with Crippen molar-refractivity contribution in [2.75, 3.05) is 113 Å². The van der Waals surface area contributed by atoms with E-state index in [1.165, 1.54) is 32.1 Å². The maximum absolute atomic E-state index is 8.68. The van der Waals surface area contributed by atoms with Crippen LogP contribution in [0.3, 0.4) is 0 Å². The molecule has 1 saturated heterocycles. The third-order valence-corrected chi connectivity index (χ3v) is 8.40. The molecule has 2 rings (SSSR count). The highest BCUT2D eigenvalue weighted by Crippen LogP contribution is 2.22. The van der Waals surface area contributed by atoms with Gasteiger partial charge in [0, 0.05) is 47.3 Å². The molecule has 2 aliphatic rings. The van der Waals surface area contributed by atoms with Crippen LogP contribution in [-0.2, 0) is 61.6 Å². The molecule has 2 fully saturated rings. The molecule has 15 nitrogen and oxygen atoms in total. The summed E-state index contributed by atoms with van der Waals surface area (Å²) in [5.41, 5.74) is 0. The molecule has 71 heavy (non-hydrogen) atoms. The number of hydrogen-bond acceptors (Lipinski definition) is 15. The Morgan fingerprint density at radius 1 is 0.394 bits per heavy atom. The summed E-state index contributed by atoms with van der Waals surface area (Å²) in [7, 11) is 3.33. The molecule has 0 bridgehead atoms. The highest BCUT2D eigenvalue weighted by Gasteiger charge is 2.18. The predicted octanol–water partition coefficient (Wildman–Crippen LogP) is 11.2. The number of methoxy groups -OCH3 is 2. The highest BCUT2D eigenvalue weighted by molar-refractivity contribution is 4.69. The summed E-state index contributed by atoms with van der Waals surface area (Å²) in [6, 6.07) is 0. The van der Waals surface area contributed by atoms with Gasteiger partial charge in [0.15, 0.2) is 0 Å². The van der Waals surface area contributed by atoms with Crippen molar-refractivity contribution in [3.63, 3.8) is 0 Å². The molecule has 0 spiro atoms. The van der Waals surface area contributed by atoms with Gasteiger partial charge in [0.2, 0.25) is 0 Å². The third kappa shape index (κ3) is 99.1. The van der Waals surface area contributed by atoms with E-state index in [1.807, 2.05) is 69.2 Å². The Bertz CT molecular complexity index is 864. The maximum atomic E-state index is 8.68. The van der Waals surface area contributed by atoms with Crippen molar-refractivity contribution in [2.24, 2.45) is 5.92 Å². The molecule has 1 saturated carbocycles. The van der Waals surface area contributed by atoms with E-state index in [0.29, 0.717) is 95.6 Å². The average molecular weight is 1040 g/mol. The second kappa shape index (κ2) is 65.5. The molecular weight excluding hydrogens is 913 g/mol. The molecule has 0 amide bonds. The van der Waals surface area contributed by atoms with Gasteiger partial charge in [-0.25, -0.2) is 0 Å². The normalized spacial score (nSPS) is 14.4. The number of rotatable bonds is 31. The summed E-state index contributed by atoms with van der Waals surface area (Å²) < 4.78 is 67.2. The van der Waals surface area contributed by atoms with E-state index in [2.05, 4.69) is 55.4 Å². The second-order valence-corrected chi connectivity index (χ2v) is 19.5. The maximum Gasteiger partial charge on any atom is 0.0745 e. The number of aliphatic hydroxyl groups excluding tert-OH is 2. The Balaban J connectivity index is -0.000000171. The SMILES string of the molecule is CC(C)OC1CCC1.CC(C)OCC1CCOCC1.CC(C)OC[C@@H](C)O.CC(O)COC(C)C.CCCOC(C)C.CCCOCCOC(C)C.COCCOC(C)C.COCCOCCOC(C)C. The van der Waals surface area contributed by atoms with Crippen molar-refractivity contribution in [3.05, 3.63) is 0 Å². The summed E-state index contributed by atoms with van der Waals surface area (Å²) in [6.45, 7) is 50.8. The van der Waals surface area contributed by atoms with Gasteiger partial charge in [0.25, 0.3) is 0 Å². The van der Waals surface area contributed by atoms with Crippen molar-refractivity contribution < 1.29 is 71.8 Å². The molecule has 2 N–H and O–H groups in total. The van der Waals surface area contributed by atoms with Gasteiger partial charge in [0.05, 0.1) is 133 Å². The van der Waals surface area contributed by atoms with Crippen molar-refractivity contribution in [3.8, 4) is 0 Å². The summed E-state index contributed by atoms with van der Waals surface area (Å²) in [4.78, 5) is 0. The second-order valence-electron chi connectivity index (χ2n) is 19.5. The summed E-state index contributed by atoms with van der Waals surface area (Å²) >= 11 is 0. The topological polar surface area (TPSA) is 160 Å². The fourth-order valence-electron chi connectivity index (χ4n) is 4.69. The zero-order valence-corrected chi connectivity index (χ0v) is 50.7. The van der Waals surface area contributed by atoms with Crippen LogP contribution in [0.4, 0.5) is 0 Å². The van der Waals surface area contributed by atoms with Crippen molar-refractivity contribution >= 4 is 0 Å². The van der Waals surface area contributed by atoms with Crippen LogP contribution in [-0.4, -0.2) is 191 Å². The zero-order valence-electron chi connectivity index (χ0n) is 50.7. The summed E-state index contributed by atoms with van der Waals surface area (Å²) in [6.07, 6.45) is 11.0. The van der Waals surface area contributed by atoms with Crippen LogP contribution in [0.2, 0.25) is 0 Å². The van der Waals surface area contributed by atoms with Crippen LogP contribution in [0.25, 0.3) is 0 Å². The minimum absolute atomic E-state index is 0.226. The van der Waals surface area contributed by atoms with Crippen LogP contribution in [0.1, 0.15) is 183 Å². The first kappa shape index (κ1) is 81.8. The molecule has 0 radical (unpaired) electrons. The number of hydrogen-bond donors (Lipinski definition) is 2. The molecule has 0 aromatic heterocycles. The highest BCUT2D eigenvalue weighted by atomic mass is 16.6. The van der Waals surface area contributed by atoms with Crippen LogP contribution in [0.5, 0.6) is 0 Å². The van der Waals surface area contributed by atoms with E-state index in [4.69, 9.17) is 71.8 Å². The van der Waals surface area contributed by atoms with E-state index >= 15 is 0 Å². The van der Waals surface area contributed by atoms with Gasteiger partial charge < -0.3 is 71.8 Å². The molecule has 0 aromatic rings. The first-order chi connectivity index (χ1) is 33.4. The van der Waals surface area contributed by atoms with Crippen molar-refractivity contribution in [1.29, 1.82) is 0 Å². The smallest absolute Gasteiger partial charge is 0.0745 e. The molecule has 1 unspecified atom stereocenters. The Morgan fingerprint density at radius 3 is 1.00 bits per heavy atom. The van der Waals surface area contributed by atoms with E-state index in [-0.39, 0.29) is 24.4 Å². The van der Waals surface area contributed by atoms with Crippen LogP contribution < -0.4 is 0 Å². The Hall–Kier alpha value is -0.600. The Morgan fingerprint density at radius 2 is 0.732 bits per heavy atom. The van der Waals surface area contributed by atoms with Gasteiger partial charge in [-0.15, -0.1) is 0 Å². The fraction of sp³-hybridized carbons (Fsp3) is 1.00. The molecule has 438 valence electrons. The minimum Gasteiger partial charge on any atom is -0.391 e.